The summed E-state index contributed by atoms with van der Waals surface area (Å²) in [5.41, 5.74) is 8.75. The molecule has 0 fully saturated rings. The zero-order chi connectivity index (χ0) is 15.2. The largest absolute Gasteiger partial charge is 0.496 e. The normalized spacial score (nSPS) is 12.0. The van der Waals surface area contributed by atoms with E-state index in [1.54, 1.807) is 7.11 Å². The van der Waals surface area contributed by atoms with Crippen molar-refractivity contribution in [2.24, 2.45) is 0 Å². The lowest BCUT2D eigenvalue weighted by atomic mass is 9.98. The number of benzene rings is 2. The van der Waals surface area contributed by atoms with Crippen molar-refractivity contribution in [3.05, 3.63) is 53.6 Å². The number of hydrogen-bond acceptors (Lipinski definition) is 3. The second-order valence-electron chi connectivity index (χ2n) is 5.21. The summed E-state index contributed by atoms with van der Waals surface area (Å²) in [6.07, 6.45) is 1.09. The number of anilines is 1. The summed E-state index contributed by atoms with van der Waals surface area (Å²) in [5, 5.41) is 0. The second-order valence-corrected chi connectivity index (χ2v) is 5.21. The lowest BCUT2D eigenvalue weighted by Crippen LogP contribution is -2.03. The number of methoxy groups -OCH3 is 1. The molecule has 0 radical (unpaired) electrons. The third-order valence-electron chi connectivity index (χ3n) is 3.75. The van der Waals surface area contributed by atoms with E-state index in [4.69, 9.17) is 15.2 Å². The highest BCUT2D eigenvalue weighted by Crippen LogP contribution is 2.30. The predicted molar refractivity (Wildman–Crippen MR) is 86.9 cm³/mol. The van der Waals surface area contributed by atoms with Gasteiger partial charge in [-0.15, -0.1) is 0 Å². The fraction of sp³-hybridized carbons (Fsp3) is 0.333. The molecule has 0 heterocycles. The monoisotopic (exact) mass is 285 g/mol. The minimum atomic E-state index is 0.446. The summed E-state index contributed by atoms with van der Waals surface area (Å²) in [6.45, 7) is 4.84. The Morgan fingerprint density at radius 2 is 1.86 bits per heavy atom. The van der Waals surface area contributed by atoms with E-state index in [1.165, 1.54) is 5.56 Å². The Morgan fingerprint density at radius 1 is 1.10 bits per heavy atom. The highest BCUT2D eigenvalue weighted by molar-refractivity contribution is 5.48. The molecular weight excluding hydrogens is 262 g/mol. The van der Waals surface area contributed by atoms with Crippen LogP contribution in [-0.2, 0) is 6.61 Å². The second kappa shape index (κ2) is 7.02. The number of nitrogen functional groups attached to an aromatic ring is 1. The minimum absolute atomic E-state index is 0.446. The van der Waals surface area contributed by atoms with Gasteiger partial charge in [0.15, 0.2) is 0 Å². The van der Waals surface area contributed by atoms with Gasteiger partial charge < -0.3 is 15.2 Å². The quantitative estimate of drug-likeness (QED) is 0.801. The Kier molecular flexibility index (Phi) is 5.09. The van der Waals surface area contributed by atoms with Crippen LogP contribution < -0.4 is 15.2 Å². The molecule has 0 spiro atoms. The van der Waals surface area contributed by atoms with Crippen LogP contribution >= 0.6 is 0 Å². The molecule has 3 nitrogen and oxygen atoms in total. The van der Waals surface area contributed by atoms with Gasteiger partial charge in [0.05, 0.1) is 7.11 Å². The Balaban J connectivity index is 2.19. The molecule has 0 saturated carbocycles. The summed E-state index contributed by atoms with van der Waals surface area (Å²) in [5.74, 6) is 2.20. The molecule has 0 bridgehead atoms. The smallest absolute Gasteiger partial charge is 0.125 e. The van der Waals surface area contributed by atoms with Gasteiger partial charge >= 0.3 is 0 Å². The van der Waals surface area contributed by atoms with Crippen LogP contribution in [0.15, 0.2) is 42.5 Å². The molecular formula is C18H23NO2. The summed E-state index contributed by atoms with van der Waals surface area (Å²) in [6, 6.07) is 13.8. The molecule has 0 aromatic heterocycles. The van der Waals surface area contributed by atoms with Gasteiger partial charge in [0.25, 0.3) is 0 Å². The van der Waals surface area contributed by atoms with Gasteiger partial charge in [0.1, 0.15) is 18.1 Å². The van der Waals surface area contributed by atoms with Crippen molar-refractivity contribution in [1.29, 1.82) is 0 Å². The summed E-state index contributed by atoms with van der Waals surface area (Å²) in [4.78, 5) is 0. The zero-order valence-corrected chi connectivity index (χ0v) is 12.9. The van der Waals surface area contributed by atoms with E-state index < -0.39 is 0 Å². The highest BCUT2D eigenvalue weighted by atomic mass is 16.5. The number of rotatable bonds is 6. The molecule has 1 unspecified atom stereocenters. The molecule has 2 aromatic rings. The first-order valence-corrected chi connectivity index (χ1v) is 7.29. The van der Waals surface area contributed by atoms with E-state index >= 15 is 0 Å². The number of hydrogen-bond donors (Lipinski definition) is 1. The molecule has 0 aliphatic carbocycles. The van der Waals surface area contributed by atoms with E-state index in [0.717, 1.165) is 23.5 Å². The fourth-order valence-corrected chi connectivity index (χ4v) is 2.31. The zero-order valence-electron chi connectivity index (χ0n) is 12.9. The Hall–Kier alpha value is -2.16. The van der Waals surface area contributed by atoms with E-state index in [-0.39, 0.29) is 0 Å². The number of ether oxygens (including phenoxy) is 2. The molecule has 2 aromatic carbocycles. The van der Waals surface area contributed by atoms with Crippen molar-refractivity contribution < 1.29 is 9.47 Å². The van der Waals surface area contributed by atoms with Gasteiger partial charge in [-0.1, -0.05) is 32.0 Å². The Labute approximate surface area is 126 Å². The molecule has 3 heteroatoms. The van der Waals surface area contributed by atoms with E-state index in [9.17, 15) is 0 Å². The van der Waals surface area contributed by atoms with E-state index in [1.807, 2.05) is 30.3 Å². The number of nitrogens with two attached hydrogens (primary N) is 1. The van der Waals surface area contributed by atoms with Crippen LogP contribution in [0.1, 0.15) is 37.3 Å². The molecule has 2 rings (SSSR count). The highest BCUT2D eigenvalue weighted by Gasteiger charge is 2.11. The van der Waals surface area contributed by atoms with Gasteiger partial charge in [-0.3, -0.25) is 0 Å². The average molecular weight is 285 g/mol. The van der Waals surface area contributed by atoms with Crippen molar-refractivity contribution in [1.82, 2.24) is 0 Å². The van der Waals surface area contributed by atoms with Gasteiger partial charge in [-0.2, -0.15) is 0 Å². The van der Waals surface area contributed by atoms with Crippen molar-refractivity contribution in [3.8, 4) is 11.5 Å². The predicted octanol–water partition coefficient (Wildman–Crippen LogP) is 4.37. The SMILES string of the molecule is CCC(C)c1ccccc1OCc1cc(N)ccc1OC. The maximum Gasteiger partial charge on any atom is 0.125 e. The number of para-hydroxylation sites is 1. The topological polar surface area (TPSA) is 44.5 Å². The first kappa shape index (κ1) is 15.2. The molecule has 21 heavy (non-hydrogen) atoms. The van der Waals surface area contributed by atoms with Gasteiger partial charge in [0, 0.05) is 11.3 Å². The molecule has 0 amide bonds. The molecule has 112 valence electrons. The van der Waals surface area contributed by atoms with Gasteiger partial charge in [-0.25, -0.2) is 0 Å². The van der Waals surface area contributed by atoms with Crippen LogP contribution in [0.25, 0.3) is 0 Å². The van der Waals surface area contributed by atoms with Crippen molar-refractivity contribution in [2.45, 2.75) is 32.8 Å². The summed E-state index contributed by atoms with van der Waals surface area (Å²) in [7, 11) is 1.65. The van der Waals surface area contributed by atoms with Gasteiger partial charge in [0.2, 0.25) is 0 Å². The molecule has 1 atom stereocenters. The third-order valence-corrected chi connectivity index (χ3v) is 3.75. The van der Waals surface area contributed by atoms with Crippen LogP contribution in [0.3, 0.4) is 0 Å². The summed E-state index contributed by atoms with van der Waals surface area (Å²) < 4.78 is 11.4. The fourth-order valence-electron chi connectivity index (χ4n) is 2.31. The van der Waals surface area contributed by atoms with Crippen LogP contribution in [0.5, 0.6) is 11.5 Å². The molecule has 0 aliphatic heterocycles. The molecule has 0 saturated heterocycles. The first-order valence-electron chi connectivity index (χ1n) is 7.29. The maximum atomic E-state index is 6.01. The van der Waals surface area contributed by atoms with Crippen molar-refractivity contribution in [3.63, 3.8) is 0 Å². The molecule has 0 aliphatic rings. The average Bonchev–Trinajstić information content (AvgIpc) is 2.52. The van der Waals surface area contributed by atoms with Crippen LogP contribution in [-0.4, -0.2) is 7.11 Å². The summed E-state index contributed by atoms with van der Waals surface area (Å²) >= 11 is 0. The van der Waals surface area contributed by atoms with Gasteiger partial charge in [-0.05, 0) is 42.2 Å². The Morgan fingerprint density at radius 3 is 2.57 bits per heavy atom. The molecule has 2 N–H and O–H groups in total. The third kappa shape index (κ3) is 3.69. The van der Waals surface area contributed by atoms with Crippen LogP contribution in [0.4, 0.5) is 5.69 Å². The lowest BCUT2D eigenvalue weighted by molar-refractivity contribution is 0.292. The van der Waals surface area contributed by atoms with Crippen LogP contribution in [0, 0.1) is 0 Å². The maximum absolute atomic E-state index is 6.01. The van der Waals surface area contributed by atoms with Crippen LogP contribution in [0.2, 0.25) is 0 Å². The van der Waals surface area contributed by atoms with Crippen molar-refractivity contribution >= 4 is 5.69 Å². The minimum Gasteiger partial charge on any atom is -0.496 e. The van der Waals surface area contributed by atoms with E-state index in [2.05, 4.69) is 26.0 Å². The first-order chi connectivity index (χ1) is 10.2. The van der Waals surface area contributed by atoms with Crippen molar-refractivity contribution in [2.75, 3.05) is 12.8 Å². The lowest BCUT2D eigenvalue weighted by Gasteiger charge is -2.16. The van der Waals surface area contributed by atoms with E-state index in [0.29, 0.717) is 18.2 Å². The Bertz CT molecular complexity index is 596. The standard InChI is InChI=1S/C18H23NO2/c1-4-13(2)16-7-5-6-8-18(16)21-12-14-11-15(19)9-10-17(14)20-3/h5-11,13H,4,12,19H2,1-3H3.